The largest absolute Gasteiger partial charge is 0.490 e. The van der Waals surface area contributed by atoms with E-state index in [-0.39, 0.29) is 36.3 Å². The van der Waals surface area contributed by atoms with E-state index in [1.807, 2.05) is 17.9 Å². The van der Waals surface area contributed by atoms with Gasteiger partial charge in [0.1, 0.15) is 17.4 Å². The van der Waals surface area contributed by atoms with Crippen molar-refractivity contribution in [1.82, 2.24) is 24.6 Å². The second kappa shape index (κ2) is 13.4. The maximum atomic E-state index is 13.0. The van der Waals surface area contributed by atoms with Crippen LogP contribution < -0.4 is 10.6 Å². The van der Waals surface area contributed by atoms with Crippen LogP contribution in [0.25, 0.3) is 11.2 Å². The molecule has 4 heterocycles. The number of alkyl halides is 3. The second-order valence-electron chi connectivity index (χ2n) is 11.3. The van der Waals surface area contributed by atoms with Gasteiger partial charge in [0, 0.05) is 47.6 Å². The number of nitriles is 1. The lowest BCUT2D eigenvalue weighted by Crippen LogP contribution is -2.54. The van der Waals surface area contributed by atoms with Crippen molar-refractivity contribution in [3.05, 3.63) is 45.7 Å². The quantitative estimate of drug-likeness (QED) is 0.323. The smallest absolute Gasteiger partial charge is 0.459 e. The number of nitrogens with two attached hydrogens (primary N) is 1. The van der Waals surface area contributed by atoms with E-state index in [2.05, 4.69) is 15.0 Å². The fourth-order valence-electron chi connectivity index (χ4n) is 6.38. The summed E-state index contributed by atoms with van der Waals surface area (Å²) in [5, 5.41) is 15.0. The average Bonchev–Trinajstić information content (AvgIpc) is 3.62. The third-order valence-corrected chi connectivity index (χ3v) is 9.09. The Morgan fingerprint density at radius 1 is 1.24 bits per heavy atom. The molecule has 0 radical (unpaired) electrons. The summed E-state index contributed by atoms with van der Waals surface area (Å²) in [6, 6.07) is 6.52. The summed E-state index contributed by atoms with van der Waals surface area (Å²) in [6.45, 7) is 2.83. The van der Waals surface area contributed by atoms with Gasteiger partial charge in [0.2, 0.25) is 5.91 Å². The molecule has 3 aromatic rings. The zero-order chi connectivity index (χ0) is 32.5. The van der Waals surface area contributed by atoms with Gasteiger partial charge in [0.05, 0.1) is 18.8 Å². The molecule has 45 heavy (non-hydrogen) atoms. The Morgan fingerprint density at radius 2 is 2.02 bits per heavy atom. The van der Waals surface area contributed by atoms with E-state index in [0.29, 0.717) is 53.0 Å². The van der Waals surface area contributed by atoms with Crippen LogP contribution in [0, 0.1) is 17.2 Å². The number of carbonyl (C=O) groups is 2. The van der Waals surface area contributed by atoms with Crippen molar-refractivity contribution in [3.8, 4) is 6.07 Å². The summed E-state index contributed by atoms with van der Waals surface area (Å²) in [5.74, 6) is -2.72. The second-order valence-corrected chi connectivity index (χ2v) is 12.2. The maximum Gasteiger partial charge on any atom is 0.490 e. The summed E-state index contributed by atoms with van der Waals surface area (Å²) >= 11 is 12.5. The number of primary amides is 1. The number of piperidine rings is 1. The molecular formula is C29H31Cl2F3N8O3. The zero-order valence-corrected chi connectivity index (χ0v) is 25.8. The number of nitrogens with zero attached hydrogens (tertiary/aromatic N) is 7. The Kier molecular flexibility index (Phi) is 9.71. The van der Waals surface area contributed by atoms with Crippen molar-refractivity contribution >= 4 is 52.1 Å². The summed E-state index contributed by atoms with van der Waals surface area (Å²) in [7, 11) is 0. The number of rotatable bonds is 9. The first-order valence-corrected chi connectivity index (χ1v) is 15.3. The topological polar surface area (TPSA) is 143 Å². The number of likely N-dealkylation sites (tertiary alicyclic amines) is 1. The monoisotopic (exact) mass is 666 g/mol. The highest BCUT2D eigenvalue weighted by Gasteiger charge is 2.44. The minimum absolute atomic E-state index is 0.0472. The zero-order valence-electron chi connectivity index (χ0n) is 24.3. The highest BCUT2D eigenvalue weighted by molar-refractivity contribution is 6.35. The molecule has 2 unspecified atom stereocenters. The number of hydrogen-bond acceptors (Lipinski definition) is 9. The predicted octanol–water partition coefficient (Wildman–Crippen LogP) is 4.64. The lowest BCUT2D eigenvalue weighted by Gasteiger charge is -2.44. The first kappa shape index (κ1) is 32.7. The molecule has 5 rings (SSSR count). The van der Waals surface area contributed by atoms with Gasteiger partial charge in [-0.15, -0.1) is 0 Å². The molecule has 11 nitrogen and oxygen atoms in total. The van der Waals surface area contributed by atoms with Crippen LogP contribution in [0.15, 0.2) is 24.4 Å². The Bertz CT molecular complexity index is 1630. The van der Waals surface area contributed by atoms with Crippen molar-refractivity contribution in [3.63, 3.8) is 0 Å². The van der Waals surface area contributed by atoms with Crippen LogP contribution in [-0.2, 0) is 14.3 Å². The van der Waals surface area contributed by atoms with Crippen LogP contribution in [0.1, 0.15) is 56.3 Å². The van der Waals surface area contributed by atoms with E-state index in [0.717, 1.165) is 12.8 Å². The molecular weight excluding hydrogens is 636 g/mol. The first-order valence-electron chi connectivity index (χ1n) is 14.5. The molecule has 2 aromatic heterocycles. The Balaban J connectivity index is 1.44. The molecule has 4 atom stereocenters. The molecule has 2 saturated heterocycles. The molecule has 2 N–H and O–H groups in total. The minimum Gasteiger partial charge on any atom is -0.459 e. The molecule has 2 aliphatic heterocycles. The van der Waals surface area contributed by atoms with Crippen LogP contribution in [0.4, 0.5) is 19.0 Å². The number of esters is 1. The van der Waals surface area contributed by atoms with E-state index in [4.69, 9.17) is 38.7 Å². The van der Waals surface area contributed by atoms with E-state index in [1.165, 1.54) is 6.20 Å². The minimum atomic E-state index is -5.11. The van der Waals surface area contributed by atoms with Crippen LogP contribution in [0.3, 0.4) is 0 Å². The third kappa shape index (κ3) is 7.10. The van der Waals surface area contributed by atoms with Crippen LogP contribution in [0.5, 0.6) is 0 Å². The van der Waals surface area contributed by atoms with E-state index in [9.17, 15) is 28.0 Å². The molecule has 240 valence electrons. The van der Waals surface area contributed by atoms with E-state index in [1.54, 1.807) is 22.9 Å². The van der Waals surface area contributed by atoms with Gasteiger partial charge >= 0.3 is 12.1 Å². The van der Waals surface area contributed by atoms with E-state index >= 15 is 0 Å². The number of benzene rings is 1. The molecule has 2 aliphatic rings. The highest BCUT2D eigenvalue weighted by atomic mass is 35.5. The first-order chi connectivity index (χ1) is 21.4. The summed E-state index contributed by atoms with van der Waals surface area (Å²) in [5.41, 5.74) is 6.77. The third-order valence-electron chi connectivity index (χ3n) is 8.53. The molecule has 2 fully saturated rings. The Labute approximate surface area is 267 Å². The standard InChI is InChI=1S/C29H31Cl2F3N8O3/c1-16(20-6-4-18(30)11-21(20)31)42-27-26(22(12-35)39-42)37-13-25(38-27)40-10-8-23(17(14-40)15-45-28(44)29(32,33)34)41-9-2-3-19(41)5-7-24(36)43/h4,6,11,13,16-17,19,23H,2-3,5,7-10,14-15H2,1H3,(H2,36,43)/t16-,17+,19?,23?/m1/s1. The molecule has 0 bridgehead atoms. The molecule has 0 saturated carbocycles. The van der Waals surface area contributed by atoms with Crippen molar-refractivity contribution in [1.29, 1.82) is 5.26 Å². The number of amides is 1. The van der Waals surface area contributed by atoms with Crippen molar-refractivity contribution < 1.29 is 27.5 Å². The predicted molar refractivity (Wildman–Crippen MR) is 160 cm³/mol. The van der Waals surface area contributed by atoms with Crippen LogP contribution in [-0.4, -0.2) is 81.0 Å². The average molecular weight is 668 g/mol. The van der Waals surface area contributed by atoms with Gasteiger partial charge in [-0.25, -0.2) is 19.4 Å². The Morgan fingerprint density at radius 3 is 2.71 bits per heavy atom. The number of aromatic nitrogens is 4. The Hall–Kier alpha value is -3.67. The fraction of sp³-hybridized carbons (Fsp3) is 0.517. The number of carbonyl (C=O) groups excluding carboxylic acids is 2. The van der Waals surface area contributed by atoms with Crippen LogP contribution in [0.2, 0.25) is 10.0 Å². The number of hydrogen-bond donors (Lipinski definition) is 1. The summed E-state index contributed by atoms with van der Waals surface area (Å²) < 4.78 is 45.4. The number of ether oxygens (including phenoxy) is 1. The van der Waals surface area contributed by atoms with Crippen molar-refractivity contribution in [2.45, 2.75) is 63.3 Å². The van der Waals surface area contributed by atoms with Crippen LogP contribution >= 0.6 is 23.2 Å². The maximum absolute atomic E-state index is 13.0. The lowest BCUT2D eigenvalue weighted by atomic mass is 9.90. The number of anilines is 1. The fourth-order valence-corrected chi connectivity index (χ4v) is 6.94. The van der Waals surface area contributed by atoms with Crippen molar-refractivity contribution in [2.24, 2.45) is 11.7 Å². The lowest BCUT2D eigenvalue weighted by molar-refractivity contribution is -0.201. The van der Waals surface area contributed by atoms with Gasteiger partial charge in [-0.2, -0.15) is 23.5 Å². The molecule has 1 amide bonds. The summed E-state index contributed by atoms with van der Waals surface area (Å²) in [6.07, 6.45) is -0.596. The van der Waals surface area contributed by atoms with E-state index < -0.39 is 36.6 Å². The summed E-state index contributed by atoms with van der Waals surface area (Å²) in [4.78, 5) is 36.5. The SMILES string of the molecule is C[C@H](c1ccc(Cl)cc1Cl)n1nc(C#N)c2ncc(N3CCC(N4CCCC4CCC(N)=O)[C@H](COC(=O)C(F)(F)F)C3)nc21. The van der Waals surface area contributed by atoms with Crippen molar-refractivity contribution in [2.75, 3.05) is 31.1 Å². The molecule has 16 heteroatoms. The van der Waals surface area contributed by atoms with Gasteiger partial charge in [-0.3, -0.25) is 9.69 Å². The van der Waals surface area contributed by atoms with Gasteiger partial charge in [0.15, 0.2) is 11.3 Å². The number of fused-ring (bicyclic) bond motifs is 1. The molecule has 0 spiro atoms. The van der Waals surface area contributed by atoms with Gasteiger partial charge in [-0.05, 0) is 56.8 Å². The van der Waals surface area contributed by atoms with Gasteiger partial charge in [-0.1, -0.05) is 29.3 Å². The number of halogens is 5. The molecule has 0 aliphatic carbocycles. The van der Waals surface area contributed by atoms with Gasteiger partial charge in [0.25, 0.3) is 0 Å². The molecule has 1 aromatic carbocycles. The van der Waals surface area contributed by atoms with Gasteiger partial charge < -0.3 is 15.4 Å². The normalized spacial score (nSPS) is 21.5. The highest BCUT2D eigenvalue weighted by Crippen LogP contribution is 2.35.